The van der Waals surface area contributed by atoms with Crippen LogP contribution in [0.4, 0.5) is 0 Å². The highest BCUT2D eigenvalue weighted by molar-refractivity contribution is 7.71. The predicted molar refractivity (Wildman–Crippen MR) is 60.6 cm³/mol. The van der Waals surface area contributed by atoms with Crippen LogP contribution in [0.5, 0.6) is 0 Å². The number of hydrogen-bond donors (Lipinski definition) is 1. The summed E-state index contributed by atoms with van der Waals surface area (Å²) in [6.45, 7) is 0.797. The second kappa shape index (κ2) is 3.53. The highest BCUT2D eigenvalue weighted by atomic mass is 32.1. The van der Waals surface area contributed by atoms with Gasteiger partial charge in [0.1, 0.15) is 5.82 Å². The smallest absolute Gasteiger partial charge is 0.195 e. The van der Waals surface area contributed by atoms with Gasteiger partial charge in [0, 0.05) is 17.0 Å². The molecule has 0 aromatic carbocycles. The van der Waals surface area contributed by atoms with Crippen LogP contribution in [0.3, 0.4) is 0 Å². The summed E-state index contributed by atoms with van der Waals surface area (Å²) in [5.41, 5.74) is 1.84. The molecule has 2 heterocycles. The second-order valence-electron chi connectivity index (χ2n) is 3.72. The highest BCUT2D eigenvalue weighted by Crippen LogP contribution is 2.39. The van der Waals surface area contributed by atoms with E-state index in [1.165, 1.54) is 17.7 Å². The molecule has 1 N–H and O–H groups in total. The molecule has 6 heteroatoms. The molecule has 1 aliphatic carbocycles. The van der Waals surface area contributed by atoms with E-state index in [-0.39, 0.29) is 0 Å². The quantitative estimate of drug-likeness (QED) is 0.835. The van der Waals surface area contributed by atoms with Gasteiger partial charge in [0.2, 0.25) is 0 Å². The molecule has 3 rings (SSSR count). The van der Waals surface area contributed by atoms with Gasteiger partial charge in [-0.15, -0.1) is 11.3 Å². The van der Waals surface area contributed by atoms with Gasteiger partial charge < -0.3 is 0 Å². The van der Waals surface area contributed by atoms with Crippen molar-refractivity contribution in [2.45, 2.75) is 25.3 Å². The molecule has 4 nitrogen and oxygen atoms in total. The standard InChI is InChI=1S/C9H10N4S2/c14-9-12-11-8(6-1-2-6)13(9)4-7-3-10-5-15-7/h3,5-6H,1-2,4H2,(H,12,14). The summed E-state index contributed by atoms with van der Waals surface area (Å²) in [6.07, 6.45) is 4.36. The van der Waals surface area contributed by atoms with Gasteiger partial charge in [-0.3, -0.25) is 14.6 Å². The number of H-pyrrole nitrogens is 1. The van der Waals surface area contributed by atoms with E-state index in [0.717, 1.165) is 12.4 Å². The van der Waals surface area contributed by atoms with Gasteiger partial charge in [-0.1, -0.05) is 0 Å². The van der Waals surface area contributed by atoms with Crippen molar-refractivity contribution in [2.75, 3.05) is 0 Å². The average Bonchev–Trinajstić information content (AvgIpc) is 2.82. The maximum Gasteiger partial charge on any atom is 0.195 e. The van der Waals surface area contributed by atoms with Gasteiger partial charge in [-0.25, -0.2) is 0 Å². The number of thiazole rings is 1. The van der Waals surface area contributed by atoms with Crippen LogP contribution in [0, 0.1) is 4.77 Å². The minimum absolute atomic E-state index is 0.617. The fraction of sp³-hybridized carbons (Fsp3) is 0.444. The third kappa shape index (κ3) is 1.74. The Hall–Kier alpha value is -1.01. The minimum atomic E-state index is 0.617. The number of aromatic nitrogens is 4. The first kappa shape index (κ1) is 9.23. The Morgan fingerprint density at radius 2 is 2.47 bits per heavy atom. The van der Waals surface area contributed by atoms with Crippen molar-refractivity contribution >= 4 is 23.6 Å². The van der Waals surface area contributed by atoms with E-state index in [4.69, 9.17) is 12.2 Å². The van der Waals surface area contributed by atoms with Crippen molar-refractivity contribution in [1.82, 2.24) is 19.7 Å². The van der Waals surface area contributed by atoms with Gasteiger partial charge in [-0.05, 0) is 25.1 Å². The summed E-state index contributed by atoms with van der Waals surface area (Å²) in [5, 5.41) is 7.16. The third-order valence-electron chi connectivity index (χ3n) is 2.53. The van der Waals surface area contributed by atoms with E-state index in [1.807, 2.05) is 11.7 Å². The van der Waals surface area contributed by atoms with Crippen LogP contribution in [0.2, 0.25) is 0 Å². The van der Waals surface area contributed by atoms with Crippen molar-refractivity contribution in [3.8, 4) is 0 Å². The third-order valence-corrected chi connectivity index (χ3v) is 3.60. The van der Waals surface area contributed by atoms with Crippen molar-refractivity contribution in [3.05, 3.63) is 27.2 Å². The normalized spacial score (nSPS) is 15.7. The molecule has 0 bridgehead atoms. The van der Waals surface area contributed by atoms with Crippen molar-refractivity contribution in [1.29, 1.82) is 0 Å². The van der Waals surface area contributed by atoms with E-state index < -0.39 is 0 Å². The van der Waals surface area contributed by atoms with E-state index in [0.29, 0.717) is 10.7 Å². The molecule has 0 spiro atoms. The van der Waals surface area contributed by atoms with E-state index in [2.05, 4.69) is 19.7 Å². The molecule has 78 valence electrons. The zero-order chi connectivity index (χ0) is 10.3. The monoisotopic (exact) mass is 238 g/mol. The van der Waals surface area contributed by atoms with Gasteiger partial charge in [0.25, 0.3) is 0 Å². The molecule has 15 heavy (non-hydrogen) atoms. The van der Waals surface area contributed by atoms with Crippen LogP contribution in [0.15, 0.2) is 11.7 Å². The van der Waals surface area contributed by atoms with Crippen LogP contribution < -0.4 is 0 Å². The molecular formula is C9H10N4S2. The molecule has 0 amide bonds. The molecule has 0 saturated heterocycles. The largest absolute Gasteiger partial charge is 0.299 e. The Balaban J connectivity index is 1.96. The minimum Gasteiger partial charge on any atom is -0.299 e. The topological polar surface area (TPSA) is 46.5 Å². The van der Waals surface area contributed by atoms with Crippen LogP contribution in [-0.4, -0.2) is 19.7 Å². The van der Waals surface area contributed by atoms with E-state index in [1.54, 1.807) is 11.3 Å². The highest BCUT2D eigenvalue weighted by Gasteiger charge is 2.29. The lowest BCUT2D eigenvalue weighted by molar-refractivity contribution is 0.726. The number of nitrogens with zero attached hydrogens (tertiary/aromatic N) is 3. The number of nitrogens with one attached hydrogen (secondary N) is 1. The summed E-state index contributed by atoms with van der Waals surface area (Å²) < 4.78 is 2.80. The number of aromatic amines is 1. The maximum absolute atomic E-state index is 5.22. The Bertz CT molecular complexity index is 506. The van der Waals surface area contributed by atoms with E-state index in [9.17, 15) is 0 Å². The summed E-state index contributed by atoms with van der Waals surface area (Å²) in [6, 6.07) is 0. The fourth-order valence-electron chi connectivity index (χ4n) is 1.61. The maximum atomic E-state index is 5.22. The van der Waals surface area contributed by atoms with Crippen LogP contribution >= 0.6 is 23.6 Å². The lowest BCUT2D eigenvalue weighted by Crippen LogP contribution is -2.03. The zero-order valence-electron chi connectivity index (χ0n) is 8.01. The molecule has 0 unspecified atom stereocenters. The van der Waals surface area contributed by atoms with Crippen LogP contribution in [-0.2, 0) is 6.54 Å². The predicted octanol–water partition coefficient (Wildman–Crippen LogP) is 2.32. The molecule has 1 aliphatic rings. The molecule has 0 aliphatic heterocycles. The fourth-order valence-corrected chi connectivity index (χ4v) is 2.40. The van der Waals surface area contributed by atoms with Crippen LogP contribution in [0.1, 0.15) is 29.5 Å². The second-order valence-corrected chi connectivity index (χ2v) is 5.07. The van der Waals surface area contributed by atoms with Gasteiger partial charge in [0.15, 0.2) is 4.77 Å². The molecule has 1 fully saturated rings. The first-order chi connectivity index (χ1) is 7.34. The van der Waals surface area contributed by atoms with Crippen LogP contribution in [0.25, 0.3) is 0 Å². The van der Waals surface area contributed by atoms with Crippen molar-refractivity contribution < 1.29 is 0 Å². The molecular weight excluding hydrogens is 228 g/mol. The van der Waals surface area contributed by atoms with Gasteiger partial charge in [0.05, 0.1) is 12.1 Å². The number of hydrogen-bond acceptors (Lipinski definition) is 4. The summed E-state index contributed by atoms with van der Waals surface area (Å²) in [4.78, 5) is 5.28. The van der Waals surface area contributed by atoms with Gasteiger partial charge in [-0.2, -0.15) is 5.10 Å². The SMILES string of the molecule is S=c1[nH]nc(C2CC2)n1Cc1cncs1. The van der Waals surface area contributed by atoms with Crippen molar-refractivity contribution in [3.63, 3.8) is 0 Å². The molecule has 2 aromatic rings. The Kier molecular flexibility index (Phi) is 2.17. The molecule has 0 radical (unpaired) electrons. The summed E-state index contributed by atoms with van der Waals surface area (Å²) >= 11 is 6.87. The molecule has 2 aromatic heterocycles. The molecule has 0 atom stereocenters. The zero-order valence-corrected chi connectivity index (χ0v) is 9.64. The lowest BCUT2D eigenvalue weighted by Gasteiger charge is -2.02. The summed E-state index contributed by atoms with van der Waals surface area (Å²) in [7, 11) is 0. The van der Waals surface area contributed by atoms with E-state index >= 15 is 0 Å². The lowest BCUT2D eigenvalue weighted by atomic mass is 10.4. The Labute approximate surface area is 96.0 Å². The summed E-state index contributed by atoms with van der Waals surface area (Å²) in [5.74, 6) is 1.72. The van der Waals surface area contributed by atoms with Crippen molar-refractivity contribution in [2.24, 2.45) is 0 Å². The average molecular weight is 238 g/mol. The van der Waals surface area contributed by atoms with Gasteiger partial charge >= 0.3 is 0 Å². The Morgan fingerprint density at radius 1 is 1.60 bits per heavy atom. The Morgan fingerprint density at radius 3 is 3.13 bits per heavy atom. The first-order valence-electron chi connectivity index (χ1n) is 4.87. The molecule has 1 saturated carbocycles. The number of rotatable bonds is 3. The first-order valence-corrected chi connectivity index (χ1v) is 6.16.